The van der Waals surface area contributed by atoms with Crippen molar-refractivity contribution < 1.29 is 8.42 Å². The molecule has 0 bridgehead atoms. The Kier molecular flexibility index (Phi) is 5.82. The predicted molar refractivity (Wildman–Crippen MR) is 88.3 cm³/mol. The van der Waals surface area contributed by atoms with Crippen LogP contribution in [0, 0.1) is 5.92 Å². The summed E-state index contributed by atoms with van der Waals surface area (Å²) in [4.78, 5) is 0. The van der Waals surface area contributed by atoms with Crippen LogP contribution < -0.4 is 5.32 Å². The number of rotatable bonds is 6. The molecule has 3 nitrogen and oxygen atoms in total. The number of benzene rings is 1. The molecule has 0 aromatic heterocycles. The lowest BCUT2D eigenvalue weighted by molar-refractivity contribution is 0.237. The van der Waals surface area contributed by atoms with E-state index in [4.69, 9.17) is 0 Å². The molecular weight excluding hydrogens is 282 g/mol. The van der Waals surface area contributed by atoms with Crippen LogP contribution in [0.4, 0.5) is 0 Å². The predicted octanol–water partition coefficient (Wildman–Crippen LogP) is 2.98. The number of hydrogen-bond donors (Lipinski definition) is 1. The number of hydrogen-bond acceptors (Lipinski definition) is 3. The third-order valence-corrected chi connectivity index (χ3v) is 5.56. The maximum Gasteiger partial charge on any atom is 0.147 e. The minimum atomic E-state index is -2.87. The molecule has 118 valence electrons. The van der Waals surface area contributed by atoms with Crippen LogP contribution in [-0.2, 0) is 9.84 Å². The molecule has 0 spiro atoms. The second kappa shape index (κ2) is 7.41. The van der Waals surface area contributed by atoms with E-state index in [1.54, 1.807) is 0 Å². The average Bonchev–Trinajstić information content (AvgIpc) is 2.46. The average molecular weight is 309 g/mol. The molecule has 1 saturated carbocycles. The van der Waals surface area contributed by atoms with Crippen molar-refractivity contribution in [2.75, 3.05) is 18.6 Å². The Morgan fingerprint density at radius 3 is 2.52 bits per heavy atom. The van der Waals surface area contributed by atoms with E-state index in [1.165, 1.54) is 18.2 Å². The lowest BCUT2D eigenvalue weighted by atomic mass is 9.74. The Labute approximate surface area is 129 Å². The molecule has 0 amide bonds. The van der Waals surface area contributed by atoms with Crippen LogP contribution in [0.2, 0.25) is 0 Å². The fourth-order valence-corrected chi connectivity index (χ4v) is 4.24. The van der Waals surface area contributed by atoms with Gasteiger partial charge in [-0.15, -0.1) is 0 Å². The largest absolute Gasteiger partial charge is 0.314 e. The van der Waals surface area contributed by atoms with E-state index in [1.807, 2.05) is 0 Å². The summed E-state index contributed by atoms with van der Waals surface area (Å²) in [5.74, 6) is 1.34. The van der Waals surface area contributed by atoms with Gasteiger partial charge in [0.15, 0.2) is 0 Å². The molecule has 3 atom stereocenters. The van der Waals surface area contributed by atoms with Crippen molar-refractivity contribution in [1.29, 1.82) is 0 Å². The Bertz CT molecular complexity index is 527. The molecule has 1 N–H and O–H groups in total. The zero-order valence-corrected chi connectivity index (χ0v) is 13.9. The zero-order valence-electron chi connectivity index (χ0n) is 13.1. The van der Waals surface area contributed by atoms with Gasteiger partial charge in [-0.2, -0.15) is 0 Å². The smallest absolute Gasteiger partial charge is 0.147 e. The van der Waals surface area contributed by atoms with Crippen molar-refractivity contribution in [3.63, 3.8) is 0 Å². The van der Waals surface area contributed by atoms with Gasteiger partial charge in [0, 0.05) is 12.3 Å². The topological polar surface area (TPSA) is 46.2 Å². The SMILES string of the molecule is CCNC1CCC(c2ccccc2)CC1CCS(C)(=O)=O. The van der Waals surface area contributed by atoms with Gasteiger partial charge in [0.1, 0.15) is 9.84 Å². The van der Waals surface area contributed by atoms with Crippen LogP contribution in [0.1, 0.15) is 44.1 Å². The lowest BCUT2D eigenvalue weighted by Crippen LogP contribution is -2.40. The quantitative estimate of drug-likeness (QED) is 0.879. The summed E-state index contributed by atoms with van der Waals surface area (Å²) >= 11 is 0. The van der Waals surface area contributed by atoms with Crippen LogP contribution in [0.15, 0.2) is 30.3 Å². The summed E-state index contributed by atoms with van der Waals surface area (Å²) in [5, 5.41) is 3.55. The number of nitrogens with one attached hydrogen (secondary N) is 1. The van der Waals surface area contributed by atoms with Gasteiger partial charge in [0.25, 0.3) is 0 Å². The summed E-state index contributed by atoms with van der Waals surface area (Å²) in [7, 11) is -2.87. The fraction of sp³-hybridized carbons (Fsp3) is 0.647. The molecule has 1 fully saturated rings. The van der Waals surface area contributed by atoms with Crippen LogP contribution in [0.5, 0.6) is 0 Å². The van der Waals surface area contributed by atoms with E-state index in [0.717, 1.165) is 25.8 Å². The second-order valence-electron chi connectivity index (χ2n) is 6.26. The third-order valence-electron chi connectivity index (χ3n) is 4.58. The van der Waals surface area contributed by atoms with Crippen LogP contribution in [-0.4, -0.2) is 33.0 Å². The second-order valence-corrected chi connectivity index (χ2v) is 8.52. The van der Waals surface area contributed by atoms with E-state index < -0.39 is 9.84 Å². The molecule has 0 saturated heterocycles. The summed E-state index contributed by atoms with van der Waals surface area (Å²) in [5.41, 5.74) is 1.40. The first-order valence-electron chi connectivity index (χ1n) is 7.95. The summed E-state index contributed by atoms with van der Waals surface area (Å²) in [6.07, 6.45) is 5.54. The molecule has 1 aliphatic carbocycles. The van der Waals surface area contributed by atoms with Crippen molar-refractivity contribution in [2.24, 2.45) is 5.92 Å². The monoisotopic (exact) mass is 309 g/mol. The molecule has 1 aromatic rings. The van der Waals surface area contributed by atoms with E-state index in [9.17, 15) is 8.42 Å². The van der Waals surface area contributed by atoms with Crippen LogP contribution in [0.3, 0.4) is 0 Å². The van der Waals surface area contributed by atoms with Crippen molar-refractivity contribution in [3.8, 4) is 0 Å². The number of sulfone groups is 1. The molecular formula is C17H27NO2S. The molecule has 3 unspecified atom stereocenters. The molecule has 0 heterocycles. The van der Waals surface area contributed by atoms with Crippen molar-refractivity contribution >= 4 is 9.84 Å². The highest BCUT2D eigenvalue weighted by Crippen LogP contribution is 2.37. The van der Waals surface area contributed by atoms with Gasteiger partial charge < -0.3 is 5.32 Å². The summed E-state index contributed by atoms with van der Waals surface area (Å²) in [6, 6.07) is 11.1. The maximum atomic E-state index is 11.5. The highest BCUT2D eigenvalue weighted by atomic mass is 32.2. The minimum Gasteiger partial charge on any atom is -0.314 e. The van der Waals surface area contributed by atoms with Gasteiger partial charge in [-0.25, -0.2) is 8.42 Å². The highest BCUT2D eigenvalue weighted by molar-refractivity contribution is 7.90. The van der Waals surface area contributed by atoms with E-state index >= 15 is 0 Å². The van der Waals surface area contributed by atoms with E-state index in [0.29, 0.717) is 23.6 Å². The summed E-state index contributed by atoms with van der Waals surface area (Å²) in [6.45, 7) is 3.08. The Morgan fingerprint density at radius 1 is 1.19 bits per heavy atom. The first-order chi connectivity index (χ1) is 9.99. The first-order valence-corrected chi connectivity index (χ1v) is 10.0. The lowest BCUT2D eigenvalue weighted by Gasteiger charge is -2.37. The Hall–Kier alpha value is -0.870. The first kappa shape index (κ1) is 16.5. The zero-order chi connectivity index (χ0) is 15.3. The van der Waals surface area contributed by atoms with Gasteiger partial charge >= 0.3 is 0 Å². The van der Waals surface area contributed by atoms with Crippen LogP contribution in [0.25, 0.3) is 0 Å². The van der Waals surface area contributed by atoms with Gasteiger partial charge in [-0.05, 0) is 49.6 Å². The molecule has 0 radical (unpaired) electrons. The van der Waals surface area contributed by atoms with Crippen LogP contribution >= 0.6 is 0 Å². The minimum absolute atomic E-state index is 0.307. The van der Waals surface area contributed by atoms with Gasteiger partial charge in [0.05, 0.1) is 5.75 Å². The normalized spacial score (nSPS) is 26.7. The van der Waals surface area contributed by atoms with Gasteiger partial charge in [-0.1, -0.05) is 37.3 Å². The van der Waals surface area contributed by atoms with E-state index in [2.05, 4.69) is 42.6 Å². The molecule has 0 aliphatic heterocycles. The molecule has 1 aromatic carbocycles. The third kappa shape index (κ3) is 5.11. The maximum absolute atomic E-state index is 11.5. The highest BCUT2D eigenvalue weighted by Gasteiger charge is 2.31. The van der Waals surface area contributed by atoms with E-state index in [-0.39, 0.29) is 0 Å². The summed E-state index contributed by atoms with van der Waals surface area (Å²) < 4.78 is 22.9. The fourth-order valence-electron chi connectivity index (χ4n) is 3.51. The van der Waals surface area contributed by atoms with Gasteiger partial charge in [-0.3, -0.25) is 0 Å². The molecule has 1 aliphatic rings. The Balaban J connectivity index is 2.04. The molecule has 2 rings (SSSR count). The van der Waals surface area contributed by atoms with Crippen molar-refractivity contribution in [3.05, 3.63) is 35.9 Å². The molecule has 21 heavy (non-hydrogen) atoms. The molecule has 4 heteroatoms. The van der Waals surface area contributed by atoms with Crippen molar-refractivity contribution in [1.82, 2.24) is 5.32 Å². The Morgan fingerprint density at radius 2 is 1.90 bits per heavy atom. The standard InChI is InChI=1S/C17H27NO2S/c1-3-18-17-10-9-15(14-7-5-4-6-8-14)13-16(17)11-12-21(2,19)20/h4-8,15-18H,3,9-13H2,1-2H3. The van der Waals surface area contributed by atoms with Crippen molar-refractivity contribution in [2.45, 2.75) is 44.6 Å². The van der Waals surface area contributed by atoms with Gasteiger partial charge in [0.2, 0.25) is 0 Å².